The van der Waals surface area contributed by atoms with E-state index in [1.807, 2.05) is 6.07 Å². The molecule has 2 aliphatic heterocycles. The van der Waals surface area contributed by atoms with E-state index in [2.05, 4.69) is 5.10 Å². The molecule has 3 aromatic rings. The number of aromatic nitrogens is 2. The number of furan rings is 1. The third kappa shape index (κ3) is 4.57. The first kappa shape index (κ1) is 22.9. The van der Waals surface area contributed by atoms with Gasteiger partial charge in [-0.05, 0) is 30.3 Å². The number of halogens is 1. The number of piperazine rings is 1. The van der Waals surface area contributed by atoms with Crippen molar-refractivity contribution in [1.82, 2.24) is 24.5 Å². The van der Waals surface area contributed by atoms with Crippen LogP contribution in [0.15, 0.2) is 53.1 Å². The summed E-state index contributed by atoms with van der Waals surface area (Å²) in [7, 11) is 0. The number of nitrogens with zero attached hydrogens (tertiary/aromatic N) is 5. The number of imide groups is 1. The summed E-state index contributed by atoms with van der Waals surface area (Å²) in [4.78, 5) is 53.7. The van der Waals surface area contributed by atoms with Gasteiger partial charge in [0.25, 0.3) is 5.91 Å². The van der Waals surface area contributed by atoms with Crippen molar-refractivity contribution in [3.63, 3.8) is 0 Å². The normalized spacial score (nSPS) is 16.3. The highest BCUT2D eigenvalue weighted by molar-refractivity contribution is 6.30. The van der Waals surface area contributed by atoms with E-state index >= 15 is 0 Å². The molecular formula is C24H22ClN5O5. The third-order valence-corrected chi connectivity index (χ3v) is 6.36. The van der Waals surface area contributed by atoms with E-state index < -0.39 is 0 Å². The molecule has 0 N–H and O–H groups in total. The number of likely N-dealkylation sites (tertiary alicyclic amines) is 1. The van der Waals surface area contributed by atoms with Crippen LogP contribution >= 0.6 is 11.6 Å². The molecule has 2 aromatic heterocycles. The van der Waals surface area contributed by atoms with Crippen molar-refractivity contribution in [2.75, 3.05) is 32.7 Å². The minimum atomic E-state index is -0.320. The quantitative estimate of drug-likeness (QED) is 0.502. The first-order valence-corrected chi connectivity index (χ1v) is 11.6. The number of hydrogen-bond acceptors (Lipinski definition) is 6. The van der Waals surface area contributed by atoms with Gasteiger partial charge in [-0.1, -0.05) is 17.7 Å². The molecule has 2 fully saturated rings. The molecule has 0 aliphatic carbocycles. The molecular weight excluding hydrogens is 474 g/mol. The van der Waals surface area contributed by atoms with Crippen LogP contribution in [0.5, 0.6) is 0 Å². The van der Waals surface area contributed by atoms with Crippen molar-refractivity contribution < 1.29 is 23.6 Å². The van der Waals surface area contributed by atoms with Crippen LogP contribution in [0.25, 0.3) is 17.1 Å². The van der Waals surface area contributed by atoms with Gasteiger partial charge >= 0.3 is 0 Å². The highest BCUT2D eigenvalue weighted by atomic mass is 35.5. The molecule has 180 valence electrons. The molecule has 0 saturated carbocycles. The largest absolute Gasteiger partial charge is 0.463 e. The van der Waals surface area contributed by atoms with Gasteiger partial charge in [0, 0.05) is 50.1 Å². The Hall–Kier alpha value is -3.92. The van der Waals surface area contributed by atoms with Crippen LogP contribution in [-0.2, 0) is 14.4 Å². The summed E-state index contributed by atoms with van der Waals surface area (Å²) < 4.78 is 7.16. The Labute approximate surface area is 205 Å². The molecule has 1 aromatic carbocycles. The zero-order chi connectivity index (χ0) is 24.5. The van der Waals surface area contributed by atoms with Gasteiger partial charge in [0.15, 0.2) is 11.5 Å². The second-order valence-electron chi connectivity index (χ2n) is 8.33. The Balaban J connectivity index is 1.30. The molecule has 5 rings (SSSR count). The first-order valence-electron chi connectivity index (χ1n) is 11.2. The van der Waals surface area contributed by atoms with Crippen LogP contribution in [0.4, 0.5) is 0 Å². The number of rotatable bonds is 5. The van der Waals surface area contributed by atoms with Gasteiger partial charge in [-0.25, -0.2) is 4.68 Å². The van der Waals surface area contributed by atoms with Crippen molar-refractivity contribution in [3.8, 4) is 17.1 Å². The molecule has 2 aliphatic rings. The number of hydrogen-bond donors (Lipinski definition) is 0. The summed E-state index contributed by atoms with van der Waals surface area (Å²) in [5.74, 6) is -0.654. The van der Waals surface area contributed by atoms with Crippen molar-refractivity contribution in [1.29, 1.82) is 0 Å². The fourth-order valence-electron chi connectivity index (χ4n) is 4.25. The summed E-state index contributed by atoms with van der Waals surface area (Å²) >= 11 is 6.16. The fraction of sp³-hybridized carbons (Fsp3) is 0.292. The third-order valence-electron chi connectivity index (χ3n) is 6.12. The topological polar surface area (TPSA) is 109 Å². The van der Waals surface area contributed by atoms with Crippen molar-refractivity contribution >= 4 is 35.2 Å². The zero-order valence-electron chi connectivity index (χ0n) is 18.7. The lowest BCUT2D eigenvalue weighted by molar-refractivity contribution is -0.146. The average molecular weight is 496 g/mol. The van der Waals surface area contributed by atoms with E-state index in [0.717, 1.165) is 4.90 Å². The summed E-state index contributed by atoms with van der Waals surface area (Å²) in [6.45, 7) is 0.989. The van der Waals surface area contributed by atoms with Gasteiger partial charge in [0.2, 0.25) is 17.7 Å². The number of carbonyl (C=O) groups excluding carboxylic acids is 4. The van der Waals surface area contributed by atoms with E-state index in [4.69, 9.17) is 16.0 Å². The van der Waals surface area contributed by atoms with E-state index in [1.165, 1.54) is 0 Å². The molecule has 11 heteroatoms. The number of carbonyl (C=O) groups is 4. The van der Waals surface area contributed by atoms with Gasteiger partial charge in [-0.3, -0.25) is 24.1 Å². The maximum Gasteiger partial charge on any atom is 0.274 e. The molecule has 10 nitrogen and oxygen atoms in total. The van der Waals surface area contributed by atoms with Crippen molar-refractivity contribution in [2.45, 2.75) is 12.8 Å². The van der Waals surface area contributed by atoms with Crippen molar-refractivity contribution in [2.24, 2.45) is 0 Å². The minimum Gasteiger partial charge on any atom is -0.463 e. The van der Waals surface area contributed by atoms with E-state index in [0.29, 0.717) is 48.3 Å². The zero-order valence-corrected chi connectivity index (χ0v) is 19.5. The van der Waals surface area contributed by atoms with Gasteiger partial charge in [0.05, 0.1) is 12.0 Å². The highest BCUT2D eigenvalue weighted by Gasteiger charge is 2.33. The van der Waals surface area contributed by atoms with Gasteiger partial charge < -0.3 is 14.2 Å². The molecule has 0 bridgehead atoms. The minimum absolute atomic E-state index is 0.149. The smallest absolute Gasteiger partial charge is 0.274 e. The van der Waals surface area contributed by atoms with E-state index in [1.54, 1.807) is 57.1 Å². The van der Waals surface area contributed by atoms with Gasteiger partial charge in [-0.15, -0.1) is 0 Å². The Morgan fingerprint density at radius 1 is 0.943 bits per heavy atom. The second-order valence-corrected chi connectivity index (χ2v) is 8.77. The maximum absolute atomic E-state index is 13.3. The van der Waals surface area contributed by atoms with Crippen LogP contribution in [0.2, 0.25) is 5.02 Å². The lowest BCUT2D eigenvalue weighted by atomic mass is 10.2. The molecule has 0 unspecified atom stereocenters. The predicted molar refractivity (Wildman–Crippen MR) is 125 cm³/mol. The summed E-state index contributed by atoms with van der Waals surface area (Å²) in [6, 6.07) is 12.3. The van der Waals surface area contributed by atoms with Crippen LogP contribution in [-0.4, -0.2) is 80.8 Å². The van der Waals surface area contributed by atoms with E-state index in [9.17, 15) is 19.2 Å². The van der Waals surface area contributed by atoms with Crippen LogP contribution in [0.1, 0.15) is 23.3 Å². The fourth-order valence-corrected chi connectivity index (χ4v) is 4.43. The summed E-state index contributed by atoms with van der Waals surface area (Å²) in [5.41, 5.74) is 1.53. The Morgan fingerprint density at radius 2 is 1.66 bits per heavy atom. The Morgan fingerprint density at radius 3 is 2.31 bits per heavy atom. The molecule has 0 spiro atoms. The monoisotopic (exact) mass is 495 g/mol. The molecule has 35 heavy (non-hydrogen) atoms. The summed E-state index contributed by atoms with van der Waals surface area (Å²) in [5, 5.41) is 5.07. The van der Waals surface area contributed by atoms with Crippen LogP contribution in [0, 0.1) is 0 Å². The van der Waals surface area contributed by atoms with Crippen LogP contribution < -0.4 is 0 Å². The van der Waals surface area contributed by atoms with Crippen molar-refractivity contribution in [3.05, 3.63) is 59.4 Å². The standard InChI is InChI=1S/C24H22ClN5O5/c25-16-3-1-4-17(13-16)30-19(20-5-2-12-35-20)14-18(26-30)24(34)28-10-8-27(9-11-28)23(33)15-29-21(31)6-7-22(29)32/h1-5,12-14H,6-11,15H2. The Kier molecular flexibility index (Phi) is 6.12. The van der Waals surface area contributed by atoms with E-state index in [-0.39, 0.29) is 48.7 Å². The Bertz CT molecular complexity index is 1280. The predicted octanol–water partition coefficient (Wildman–Crippen LogP) is 2.22. The van der Waals surface area contributed by atoms with Crippen LogP contribution in [0.3, 0.4) is 0 Å². The number of amides is 4. The molecule has 0 radical (unpaired) electrons. The van der Waals surface area contributed by atoms with Gasteiger partial charge in [-0.2, -0.15) is 5.10 Å². The second kappa shape index (κ2) is 9.38. The lowest BCUT2D eigenvalue weighted by Crippen LogP contribution is -2.53. The SMILES string of the molecule is O=C(CN1C(=O)CCC1=O)N1CCN(C(=O)c2cc(-c3ccco3)n(-c3cccc(Cl)c3)n2)CC1. The number of benzene rings is 1. The molecule has 0 atom stereocenters. The summed E-state index contributed by atoms with van der Waals surface area (Å²) in [6.07, 6.45) is 1.85. The molecule has 4 amide bonds. The van der Waals surface area contributed by atoms with Gasteiger partial charge in [0.1, 0.15) is 12.2 Å². The maximum atomic E-state index is 13.3. The molecule has 4 heterocycles. The first-order chi connectivity index (χ1) is 16.9. The lowest BCUT2D eigenvalue weighted by Gasteiger charge is -2.35. The highest BCUT2D eigenvalue weighted by Crippen LogP contribution is 2.26. The molecule has 2 saturated heterocycles. The average Bonchev–Trinajstić information content (AvgIpc) is 3.61.